The van der Waals surface area contributed by atoms with Gasteiger partial charge in [0.1, 0.15) is 5.75 Å². The molecule has 1 fully saturated rings. The van der Waals surface area contributed by atoms with Crippen LogP contribution in [0.3, 0.4) is 0 Å². The Hall–Kier alpha value is -1.02. The Morgan fingerprint density at radius 2 is 2.00 bits per heavy atom. The summed E-state index contributed by atoms with van der Waals surface area (Å²) in [4.78, 5) is 4.30. The van der Waals surface area contributed by atoms with Crippen LogP contribution < -0.4 is 15.4 Å². The average Bonchev–Trinajstić information content (AvgIpc) is 3.15. The molecule has 1 aliphatic heterocycles. The largest absolute Gasteiger partial charge is 0.493 e. The number of benzene rings is 1. The van der Waals surface area contributed by atoms with Crippen LogP contribution in [0.1, 0.15) is 49.7 Å². The van der Waals surface area contributed by atoms with Crippen LogP contribution in [0.15, 0.2) is 23.2 Å². The van der Waals surface area contributed by atoms with Crippen molar-refractivity contribution in [1.29, 1.82) is 0 Å². The Morgan fingerprint density at radius 3 is 2.81 bits per heavy atom. The van der Waals surface area contributed by atoms with Crippen LogP contribution in [-0.4, -0.2) is 45.4 Å². The molecule has 0 spiro atoms. The van der Waals surface area contributed by atoms with Gasteiger partial charge in [-0.2, -0.15) is 0 Å². The number of hydrogen-bond donors (Lipinski definition) is 2. The van der Waals surface area contributed by atoms with Gasteiger partial charge in [-0.15, -0.1) is 24.0 Å². The number of fused-ring (bicyclic) bond motifs is 1. The molecule has 0 atom stereocenters. The second-order valence-electron chi connectivity index (χ2n) is 7.20. The van der Waals surface area contributed by atoms with Gasteiger partial charge in [0, 0.05) is 33.2 Å². The fraction of sp³-hybridized carbons (Fsp3) is 0.667. The Bertz CT molecular complexity index is 589. The zero-order valence-electron chi connectivity index (χ0n) is 16.5. The molecule has 1 aromatic rings. The van der Waals surface area contributed by atoms with Crippen molar-refractivity contribution >= 4 is 29.9 Å². The molecule has 3 rings (SSSR count). The molecule has 1 aliphatic carbocycles. The Morgan fingerprint density at radius 1 is 1.19 bits per heavy atom. The van der Waals surface area contributed by atoms with Gasteiger partial charge in [0.25, 0.3) is 0 Å². The van der Waals surface area contributed by atoms with E-state index in [0.717, 1.165) is 57.3 Å². The third-order valence-corrected chi connectivity index (χ3v) is 5.20. The molecule has 0 aromatic heterocycles. The fourth-order valence-corrected chi connectivity index (χ4v) is 3.70. The summed E-state index contributed by atoms with van der Waals surface area (Å²) in [6.45, 7) is 3.42. The van der Waals surface area contributed by atoms with E-state index >= 15 is 0 Å². The van der Waals surface area contributed by atoms with E-state index in [9.17, 15) is 0 Å². The van der Waals surface area contributed by atoms with Crippen molar-refractivity contribution in [2.45, 2.75) is 57.5 Å². The summed E-state index contributed by atoms with van der Waals surface area (Å²) in [5.41, 5.74) is 2.68. The summed E-state index contributed by atoms with van der Waals surface area (Å²) >= 11 is 0. The molecule has 0 radical (unpaired) electrons. The second kappa shape index (κ2) is 12.4. The van der Waals surface area contributed by atoms with Gasteiger partial charge in [-0.1, -0.05) is 31.4 Å². The number of rotatable bonds is 8. The molecule has 6 heteroatoms. The van der Waals surface area contributed by atoms with Gasteiger partial charge < -0.3 is 20.1 Å². The van der Waals surface area contributed by atoms with Gasteiger partial charge in [0.2, 0.25) is 0 Å². The number of aliphatic imine (C=N–C) groups is 1. The van der Waals surface area contributed by atoms with Crippen LogP contribution >= 0.6 is 24.0 Å². The number of guanidine groups is 1. The lowest BCUT2D eigenvalue weighted by molar-refractivity contribution is 0.0277. The zero-order chi connectivity index (χ0) is 18.0. The Labute approximate surface area is 180 Å². The lowest BCUT2D eigenvalue weighted by Crippen LogP contribution is -2.39. The molecule has 0 bridgehead atoms. The van der Waals surface area contributed by atoms with Gasteiger partial charge in [-0.05, 0) is 42.9 Å². The van der Waals surface area contributed by atoms with E-state index < -0.39 is 0 Å². The maximum atomic E-state index is 5.96. The quantitative estimate of drug-likeness (QED) is 0.254. The van der Waals surface area contributed by atoms with Crippen LogP contribution in [-0.2, 0) is 17.6 Å². The molecule has 0 unspecified atom stereocenters. The molecule has 5 nitrogen and oxygen atoms in total. The maximum Gasteiger partial charge on any atom is 0.190 e. The van der Waals surface area contributed by atoms with Crippen LogP contribution in [0.25, 0.3) is 0 Å². The summed E-state index contributed by atoms with van der Waals surface area (Å²) in [6.07, 6.45) is 10.1. The minimum atomic E-state index is 0. The van der Waals surface area contributed by atoms with Gasteiger partial charge in [0.05, 0.1) is 12.7 Å². The maximum absolute atomic E-state index is 5.96. The van der Waals surface area contributed by atoms with Gasteiger partial charge in [-0.25, -0.2) is 0 Å². The van der Waals surface area contributed by atoms with E-state index in [2.05, 4.69) is 33.8 Å². The summed E-state index contributed by atoms with van der Waals surface area (Å²) < 4.78 is 11.5. The first kappa shape index (κ1) is 22.3. The number of nitrogens with zero attached hydrogens (tertiary/aromatic N) is 1. The predicted octanol–water partition coefficient (Wildman–Crippen LogP) is 3.69. The molecule has 2 N–H and O–H groups in total. The minimum Gasteiger partial charge on any atom is -0.493 e. The first-order chi connectivity index (χ1) is 12.8. The smallest absolute Gasteiger partial charge is 0.190 e. The SMILES string of the molecule is CN=C(NCCCOC1CCCCC1)NCCc1ccc2c(c1)CCO2.I. The van der Waals surface area contributed by atoms with Crippen LogP contribution in [0.2, 0.25) is 0 Å². The lowest BCUT2D eigenvalue weighted by atomic mass is 9.98. The third kappa shape index (κ3) is 7.49. The van der Waals surface area contributed by atoms with Crippen molar-refractivity contribution in [3.05, 3.63) is 29.3 Å². The average molecular weight is 487 g/mol. The van der Waals surface area contributed by atoms with Crippen molar-refractivity contribution in [2.24, 2.45) is 4.99 Å². The molecular weight excluding hydrogens is 453 g/mol. The van der Waals surface area contributed by atoms with Crippen molar-refractivity contribution in [2.75, 3.05) is 33.4 Å². The fourth-order valence-electron chi connectivity index (χ4n) is 3.70. The normalized spacial score (nSPS) is 17.0. The summed E-state index contributed by atoms with van der Waals surface area (Å²) in [5.74, 6) is 1.92. The second-order valence-corrected chi connectivity index (χ2v) is 7.20. The van der Waals surface area contributed by atoms with E-state index in [0.29, 0.717) is 6.10 Å². The van der Waals surface area contributed by atoms with Gasteiger partial charge >= 0.3 is 0 Å². The molecular formula is C21H34IN3O2. The summed E-state index contributed by atoms with van der Waals surface area (Å²) in [7, 11) is 1.82. The Balaban J connectivity index is 0.00000261. The first-order valence-corrected chi connectivity index (χ1v) is 10.2. The van der Waals surface area contributed by atoms with Gasteiger partial charge in [0.15, 0.2) is 5.96 Å². The molecule has 2 aliphatic rings. The van der Waals surface area contributed by atoms with Crippen molar-refractivity contribution in [3.8, 4) is 5.75 Å². The number of nitrogens with one attached hydrogen (secondary N) is 2. The first-order valence-electron chi connectivity index (χ1n) is 10.2. The minimum absolute atomic E-state index is 0. The zero-order valence-corrected chi connectivity index (χ0v) is 18.8. The predicted molar refractivity (Wildman–Crippen MR) is 122 cm³/mol. The molecule has 1 saturated carbocycles. The van der Waals surface area contributed by atoms with Crippen molar-refractivity contribution in [1.82, 2.24) is 10.6 Å². The Kier molecular flexibility index (Phi) is 10.3. The molecule has 27 heavy (non-hydrogen) atoms. The highest BCUT2D eigenvalue weighted by atomic mass is 127. The molecule has 152 valence electrons. The molecule has 0 amide bonds. The number of halogens is 1. The van der Waals surface area contributed by atoms with Gasteiger partial charge in [-0.3, -0.25) is 4.99 Å². The number of ether oxygens (including phenoxy) is 2. The van der Waals surface area contributed by atoms with Crippen LogP contribution in [0.4, 0.5) is 0 Å². The van der Waals surface area contributed by atoms with Crippen molar-refractivity contribution in [3.63, 3.8) is 0 Å². The van der Waals surface area contributed by atoms with E-state index in [1.807, 2.05) is 7.05 Å². The van der Waals surface area contributed by atoms with Crippen LogP contribution in [0.5, 0.6) is 5.75 Å². The third-order valence-electron chi connectivity index (χ3n) is 5.20. The molecule has 1 heterocycles. The van der Waals surface area contributed by atoms with Crippen molar-refractivity contribution < 1.29 is 9.47 Å². The van der Waals surface area contributed by atoms with Crippen LogP contribution in [0, 0.1) is 0 Å². The highest BCUT2D eigenvalue weighted by Crippen LogP contribution is 2.25. The number of hydrogen-bond acceptors (Lipinski definition) is 3. The van der Waals surface area contributed by atoms with E-state index in [4.69, 9.17) is 9.47 Å². The summed E-state index contributed by atoms with van der Waals surface area (Å²) in [6, 6.07) is 6.52. The monoisotopic (exact) mass is 487 g/mol. The standard InChI is InChI=1S/C21H33N3O2.HI/c1-22-21(23-12-5-14-25-19-6-3-2-4-7-19)24-13-10-17-8-9-20-18(16-17)11-15-26-20;/h8-9,16,19H,2-7,10-15H2,1H3,(H2,22,23,24);1H. The lowest BCUT2D eigenvalue weighted by Gasteiger charge is -2.22. The highest BCUT2D eigenvalue weighted by molar-refractivity contribution is 14.0. The topological polar surface area (TPSA) is 54.9 Å². The molecule has 0 saturated heterocycles. The van der Waals surface area contributed by atoms with E-state index in [1.165, 1.54) is 43.2 Å². The molecule has 1 aromatic carbocycles. The van der Waals surface area contributed by atoms with E-state index in [-0.39, 0.29) is 24.0 Å². The van der Waals surface area contributed by atoms with E-state index in [1.54, 1.807) is 0 Å². The summed E-state index contributed by atoms with van der Waals surface area (Å²) in [5, 5.41) is 6.77. The highest BCUT2D eigenvalue weighted by Gasteiger charge is 2.13.